The Morgan fingerprint density at radius 3 is 2.68 bits per heavy atom. The van der Waals surface area contributed by atoms with Gasteiger partial charge in [-0.25, -0.2) is 0 Å². The summed E-state index contributed by atoms with van der Waals surface area (Å²) in [5.74, 6) is -0.698. The SMILES string of the molecule is Nc1nnc(SCC(=O)O)n1Cc1ccc(Br)cc1. The Bertz CT molecular complexity index is 585. The lowest BCUT2D eigenvalue weighted by atomic mass is 10.2. The molecule has 6 nitrogen and oxygen atoms in total. The summed E-state index contributed by atoms with van der Waals surface area (Å²) in [7, 11) is 0. The van der Waals surface area contributed by atoms with E-state index in [4.69, 9.17) is 10.8 Å². The molecule has 0 radical (unpaired) electrons. The van der Waals surface area contributed by atoms with Crippen molar-refractivity contribution in [3.05, 3.63) is 34.3 Å². The predicted octanol–water partition coefficient (Wildman–Crippen LogP) is 1.85. The highest BCUT2D eigenvalue weighted by Gasteiger charge is 2.12. The quantitative estimate of drug-likeness (QED) is 0.805. The number of carbonyl (C=O) groups is 1. The van der Waals surface area contributed by atoms with Gasteiger partial charge in [-0.2, -0.15) is 0 Å². The fourth-order valence-corrected chi connectivity index (χ4v) is 2.38. The van der Waals surface area contributed by atoms with Crippen LogP contribution in [0.5, 0.6) is 0 Å². The van der Waals surface area contributed by atoms with E-state index >= 15 is 0 Å². The Labute approximate surface area is 122 Å². The lowest BCUT2D eigenvalue weighted by Gasteiger charge is -2.07. The third-order valence-corrected chi connectivity index (χ3v) is 3.80. The molecule has 0 aliphatic heterocycles. The highest BCUT2D eigenvalue weighted by molar-refractivity contribution is 9.10. The van der Waals surface area contributed by atoms with E-state index in [1.54, 1.807) is 4.57 Å². The van der Waals surface area contributed by atoms with E-state index in [1.807, 2.05) is 24.3 Å². The van der Waals surface area contributed by atoms with Crippen molar-refractivity contribution >= 4 is 39.6 Å². The number of carboxylic acids is 1. The van der Waals surface area contributed by atoms with Gasteiger partial charge in [-0.05, 0) is 17.7 Å². The average molecular weight is 343 g/mol. The monoisotopic (exact) mass is 342 g/mol. The molecular formula is C11H11BrN4O2S. The number of nitrogen functional groups attached to an aromatic ring is 1. The Kier molecular flexibility index (Phi) is 4.43. The molecule has 0 aliphatic rings. The molecule has 19 heavy (non-hydrogen) atoms. The molecule has 1 heterocycles. The third-order valence-electron chi connectivity index (χ3n) is 2.32. The Hall–Kier alpha value is -1.54. The molecule has 0 spiro atoms. The first-order chi connectivity index (χ1) is 9.06. The topological polar surface area (TPSA) is 94.0 Å². The maximum absolute atomic E-state index is 10.6. The van der Waals surface area contributed by atoms with Crippen LogP contribution in [0.25, 0.3) is 0 Å². The van der Waals surface area contributed by atoms with Gasteiger partial charge in [-0.1, -0.05) is 39.8 Å². The Morgan fingerprint density at radius 2 is 2.05 bits per heavy atom. The van der Waals surface area contributed by atoms with Crippen LogP contribution in [-0.4, -0.2) is 31.6 Å². The molecule has 3 N–H and O–H groups in total. The van der Waals surface area contributed by atoms with Crippen LogP contribution in [0.1, 0.15) is 5.56 Å². The molecule has 1 aromatic heterocycles. The van der Waals surface area contributed by atoms with Gasteiger partial charge in [0.05, 0.1) is 12.3 Å². The number of anilines is 1. The second-order valence-corrected chi connectivity index (χ2v) is 5.59. The molecule has 100 valence electrons. The minimum absolute atomic E-state index is 0.0710. The van der Waals surface area contributed by atoms with Gasteiger partial charge < -0.3 is 10.8 Å². The van der Waals surface area contributed by atoms with E-state index in [2.05, 4.69) is 26.1 Å². The summed E-state index contributed by atoms with van der Waals surface area (Å²) in [5.41, 5.74) is 6.78. The summed E-state index contributed by atoms with van der Waals surface area (Å²) in [6.07, 6.45) is 0. The number of hydrogen-bond acceptors (Lipinski definition) is 5. The lowest BCUT2D eigenvalue weighted by molar-refractivity contribution is -0.133. The summed E-state index contributed by atoms with van der Waals surface area (Å²) in [5, 5.41) is 16.8. The second-order valence-electron chi connectivity index (χ2n) is 3.74. The number of halogens is 1. The minimum Gasteiger partial charge on any atom is -0.481 e. The third kappa shape index (κ3) is 3.71. The van der Waals surface area contributed by atoms with Crippen molar-refractivity contribution < 1.29 is 9.90 Å². The van der Waals surface area contributed by atoms with Crippen molar-refractivity contribution in [1.82, 2.24) is 14.8 Å². The molecule has 8 heteroatoms. The molecule has 0 atom stereocenters. The molecular weight excluding hydrogens is 332 g/mol. The molecule has 2 rings (SSSR count). The number of carboxylic acid groups (broad SMARTS) is 1. The van der Waals surface area contributed by atoms with Gasteiger partial charge in [0.15, 0.2) is 5.16 Å². The molecule has 0 saturated carbocycles. The van der Waals surface area contributed by atoms with Gasteiger partial charge in [0.2, 0.25) is 5.95 Å². The van der Waals surface area contributed by atoms with Crippen LogP contribution in [-0.2, 0) is 11.3 Å². The van der Waals surface area contributed by atoms with E-state index < -0.39 is 5.97 Å². The van der Waals surface area contributed by atoms with Crippen molar-refractivity contribution in [3.8, 4) is 0 Å². The van der Waals surface area contributed by atoms with Gasteiger partial charge in [0.25, 0.3) is 0 Å². The van der Waals surface area contributed by atoms with E-state index in [0.29, 0.717) is 11.7 Å². The summed E-state index contributed by atoms with van der Waals surface area (Å²) in [4.78, 5) is 10.6. The van der Waals surface area contributed by atoms with Crippen LogP contribution in [0.3, 0.4) is 0 Å². The number of rotatable bonds is 5. The summed E-state index contributed by atoms with van der Waals surface area (Å²) >= 11 is 4.47. The zero-order valence-corrected chi connectivity index (χ0v) is 12.2. The van der Waals surface area contributed by atoms with Crippen LogP contribution in [0.4, 0.5) is 5.95 Å². The number of hydrogen-bond donors (Lipinski definition) is 2. The van der Waals surface area contributed by atoms with Gasteiger partial charge in [0.1, 0.15) is 0 Å². The van der Waals surface area contributed by atoms with Crippen LogP contribution in [0, 0.1) is 0 Å². The number of thioether (sulfide) groups is 1. The fourth-order valence-electron chi connectivity index (χ4n) is 1.45. The number of aliphatic carboxylic acids is 1. The number of aromatic nitrogens is 3. The molecule has 0 bridgehead atoms. The molecule has 0 amide bonds. The first kappa shape index (κ1) is 13.9. The van der Waals surface area contributed by atoms with Crippen LogP contribution in [0.2, 0.25) is 0 Å². The summed E-state index contributed by atoms with van der Waals surface area (Å²) in [6, 6.07) is 7.77. The minimum atomic E-state index is -0.901. The Balaban J connectivity index is 2.16. The number of benzene rings is 1. The van der Waals surface area contributed by atoms with Crippen molar-refractivity contribution in [2.45, 2.75) is 11.7 Å². The molecule has 0 unspecified atom stereocenters. The first-order valence-electron chi connectivity index (χ1n) is 5.34. The maximum Gasteiger partial charge on any atom is 0.313 e. The molecule has 0 fully saturated rings. The highest BCUT2D eigenvalue weighted by Crippen LogP contribution is 2.20. The van der Waals surface area contributed by atoms with Crippen molar-refractivity contribution in [1.29, 1.82) is 0 Å². The fraction of sp³-hybridized carbons (Fsp3) is 0.182. The van der Waals surface area contributed by atoms with Crippen molar-refractivity contribution in [2.24, 2.45) is 0 Å². The van der Waals surface area contributed by atoms with Crippen LogP contribution < -0.4 is 5.73 Å². The smallest absolute Gasteiger partial charge is 0.313 e. The normalized spacial score (nSPS) is 10.6. The summed E-state index contributed by atoms with van der Waals surface area (Å²) < 4.78 is 2.69. The standard InChI is InChI=1S/C11H11BrN4O2S/c12-8-3-1-7(2-4-8)5-16-10(13)14-15-11(16)19-6-9(17)18/h1-4H,5-6H2,(H2,13,14)(H,17,18). The zero-order valence-electron chi connectivity index (χ0n) is 9.78. The first-order valence-corrected chi connectivity index (χ1v) is 7.12. The van der Waals surface area contributed by atoms with E-state index in [-0.39, 0.29) is 11.7 Å². The van der Waals surface area contributed by atoms with Crippen molar-refractivity contribution in [2.75, 3.05) is 11.5 Å². The maximum atomic E-state index is 10.6. The zero-order chi connectivity index (χ0) is 13.8. The van der Waals surface area contributed by atoms with Gasteiger partial charge in [-0.3, -0.25) is 9.36 Å². The van der Waals surface area contributed by atoms with Crippen LogP contribution in [0.15, 0.2) is 33.9 Å². The number of nitrogens with two attached hydrogens (primary N) is 1. The van der Waals surface area contributed by atoms with Gasteiger partial charge in [-0.15, -0.1) is 10.2 Å². The average Bonchev–Trinajstić information content (AvgIpc) is 2.71. The molecule has 1 aromatic carbocycles. The molecule has 0 saturated heterocycles. The van der Waals surface area contributed by atoms with E-state index in [0.717, 1.165) is 21.8 Å². The van der Waals surface area contributed by atoms with Crippen LogP contribution >= 0.6 is 27.7 Å². The van der Waals surface area contributed by atoms with Gasteiger partial charge in [0, 0.05) is 4.47 Å². The van der Waals surface area contributed by atoms with E-state index in [1.165, 1.54) is 0 Å². The second kappa shape index (κ2) is 6.07. The van der Waals surface area contributed by atoms with Crippen molar-refractivity contribution in [3.63, 3.8) is 0 Å². The Morgan fingerprint density at radius 1 is 1.37 bits per heavy atom. The molecule has 0 aliphatic carbocycles. The predicted molar refractivity (Wildman–Crippen MR) is 76.0 cm³/mol. The summed E-state index contributed by atoms with van der Waals surface area (Å²) in [6.45, 7) is 0.508. The highest BCUT2D eigenvalue weighted by atomic mass is 79.9. The number of nitrogens with zero attached hydrogens (tertiary/aromatic N) is 3. The largest absolute Gasteiger partial charge is 0.481 e. The lowest BCUT2D eigenvalue weighted by Crippen LogP contribution is -2.07. The van der Waals surface area contributed by atoms with Gasteiger partial charge >= 0.3 is 5.97 Å². The molecule has 2 aromatic rings. The van der Waals surface area contributed by atoms with E-state index in [9.17, 15) is 4.79 Å².